The first-order chi connectivity index (χ1) is 9.78. The summed E-state index contributed by atoms with van der Waals surface area (Å²) in [4.78, 5) is 5.82. The smallest absolute Gasteiger partial charge is 0.325 e. The Labute approximate surface area is 119 Å². The van der Waals surface area contributed by atoms with E-state index < -0.39 is 12.7 Å². The molecule has 0 N–H and O–H groups in total. The van der Waals surface area contributed by atoms with Crippen molar-refractivity contribution >= 4 is 0 Å². The molecule has 10 heteroatoms. The molecule has 21 heavy (non-hydrogen) atoms. The van der Waals surface area contributed by atoms with Crippen LogP contribution < -0.4 is 0 Å². The number of aryl methyl sites for hydroxylation is 1. The number of rotatable bonds is 5. The maximum Gasteiger partial charge on any atom is 0.406 e. The zero-order valence-electron chi connectivity index (χ0n) is 11.9. The average Bonchev–Trinajstić information content (AvgIpc) is 2.96. The Morgan fingerprint density at radius 3 is 2.67 bits per heavy atom. The molecule has 1 atom stereocenters. The first-order valence-electron chi connectivity index (χ1n) is 6.27. The summed E-state index contributed by atoms with van der Waals surface area (Å²) in [5.74, 6) is 0.975. The summed E-state index contributed by atoms with van der Waals surface area (Å²) in [5, 5.41) is 11.2. The highest BCUT2D eigenvalue weighted by molar-refractivity contribution is 4.96. The second-order valence-electron chi connectivity index (χ2n) is 4.84. The van der Waals surface area contributed by atoms with Crippen LogP contribution in [-0.2, 0) is 20.1 Å². The van der Waals surface area contributed by atoms with E-state index in [2.05, 4.69) is 20.5 Å². The molecular formula is C11H16F3N7. The van der Waals surface area contributed by atoms with E-state index in [0.29, 0.717) is 11.6 Å². The van der Waals surface area contributed by atoms with Crippen LogP contribution in [-0.4, -0.2) is 47.9 Å². The minimum absolute atomic E-state index is 0.152. The average molecular weight is 303 g/mol. The molecule has 0 aliphatic heterocycles. The van der Waals surface area contributed by atoms with Crippen LogP contribution >= 0.6 is 0 Å². The summed E-state index contributed by atoms with van der Waals surface area (Å²) in [6.07, 6.45) is -1.58. The largest absolute Gasteiger partial charge is 0.406 e. The Bertz CT molecular complexity index is 589. The predicted molar refractivity (Wildman–Crippen MR) is 67.0 cm³/mol. The van der Waals surface area contributed by atoms with E-state index in [1.807, 2.05) is 11.8 Å². The van der Waals surface area contributed by atoms with E-state index >= 15 is 0 Å². The van der Waals surface area contributed by atoms with Gasteiger partial charge in [-0.3, -0.25) is 4.90 Å². The fourth-order valence-electron chi connectivity index (χ4n) is 1.98. The van der Waals surface area contributed by atoms with Gasteiger partial charge in [0.05, 0.1) is 12.6 Å². The van der Waals surface area contributed by atoms with Gasteiger partial charge in [0.2, 0.25) is 0 Å². The van der Waals surface area contributed by atoms with Crippen LogP contribution in [0.1, 0.15) is 24.6 Å². The third-order valence-corrected chi connectivity index (χ3v) is 3.23. The summed E-state index contributed by atoms with van der Waals surface area (Å²) in [5.41, 5.74) is 0. The van der Waals surface area contributed by atoms with Crippen LogP contribution in [0.3, 0.4) is 0 Å². The highest BCUT2D eigenvalue weighted by Crippen LogP contribution is 2.20. The summed E-state index contributed by atoms with van der Waals surface area (Å²) >= 11 is 0. The van der Waals surface area contributed by atoms with Gasteiger partial charge in [0.1, 0.15) is 12.4 Å². The molecule has 0 spiro atoms. The van der Waals surface area contributed by atoms with Crippen LogP contribution in [0.25, 0.3) is 0 Å². The molecule has 0 amide bonds. The third-order valence-electron chi connectivity index (χ3n) is 3.23. The molecular weight excluding hydrogens is 287 g/mol. The zero-order valence-corrected chi connectivity index (χ0v) is 11.9. The number of imidazole rings is 1. The molecule has 0 fully saturated rings. The predicted octanol–water partition coefficient (Wildman–Crippen LogP) is 1.16. The number of hydrogen-bond acceptors (Lipinski definition) is 5. The number of halogens is 3. The van der Waals surface area contributed by atoms with Gasteiger partial charge in [0.15, 0.2) is 5.82 Å². The molecule has 2 aromatic rings. The molecule has 2 heterocycles. The minimum Gasteiger partial charge on any atom is -0.325 e. The normalized spacial score (nSPS) is 13.9. The van der Waals surface area contributed by atoms with Gasteiger partial charge < -0.3 is 4.57 Å². The first-order valence-corrected chi connectivity index (χ1v) is 6.27. The number of nitrogens with zero attached hydrogens (tertiary/aromatic N) is 7. The number of alkyl halides is 3. The Morgan fingerprint density at radius 1 is 1.38 bits per heavy atom. The molecule has 116 valence electrons. The zero-order chi connectivity index (χ0) is 15.6. The van der Waals surface area contributed by atoms with Gasteiger partial charge in [0, 0.05) is 19.4 Å². The Kier molecular flexibility index (Phi) is 4.26. The number of hydrogen-bond donors (Lipinski definition) is 0. The van der Waals surface area contributed by atoms with Crippen molar-refractivity contribution in [1.29, 1.82) is 0 Å². The molecule has 0 aliphatic carbocycles. The molecule has 0 radical (unpaired) electrons. The van der Waals surface area contributed by atoms with Gasteiger partial charge in [-0.05, 0) is 24.4 Å². The maximum absolute atomic E-state index is 12.5. The molecule has 2 rings (SSSR count). The van der Waals surface area contributed by atoms with Gasteiger partial charge in [0.25, 0.3) is 0 Å². The van der Waals surface area contributed by atoms with E-state index in [-0.39, 0.29) is 12.6 Å². The van der Waals surface area contributed by atoms with E-state index in [0.717, 1.165) is 4.57 Å². The van der Waals surface area contributed by atoms with Crippen LogP contribution in [0.5, 0.6) is 0 Å². The molecule has 2 aromatic heterocycles. The highest BCUT2D eigenvalue weighted by Gasteiger charge is 2.29. The lowest BCUT2D eigenvalue weighted by molar-refractivity contribution is -0.141. The topological polar surface area (TPSA) is 64.7 Å². The quantitative estimate of drug-likeness (QED) is 0.829. The van der Waals surface area contributed by atoms with Crippen molar-refractivity contribution in [2.45, 2.75) is 32.2 Å². The van der Waals surface area contributed by atoms with Gasteiger partial charge in [-0.25, -0.2) is 9.67 Å². The number of tetrazole rings is 1. The summed E-state index contributed by atoms with van der Waals surface area (Å²) in [6, 6.07) is -0.152. The van der Waals surface area contributed by atoms with E-state index in [1.165, 1.54) is 17.1 Å². The fraction of sp³-hybridized carbons (Fsp3) is 0.636. The van der Waals surface area contributed by atoms with Crippen LogP contribution in [0.2, 0.25) is 0 Å². The van der Waals surface area contributed by atoms with Crippen LogP contribution in [0, 0.1) is 0 Å². The molecule has 0 saturated carbocycles. The van der Waals surface area contributed by atoms with E-state index in [4.69, 9.17) is 0 Å². The van der Waals surface area contributed by atoms with Crippen molar-refractivity contribution in [1.82, 2.24) is 34.7 Å². The van der Waals surface area contributed by atoms with Gasteiger partial charge >= 0.3 is 6.18 Å². The summed E-state index contributed by atoms with van der Waals surface area (Å²) in [7, 11) is 3.50. The Balaban J connectivity index is 2.08. The van der Waals surface area contributed by atoms with Gasteiger partial charge in [-0.1, -0.05) is 0 Å². The Morgan fingerprint density at radius 2 is 2.10 bits per heavy atom. The maximum atomic E-state index is 12.5. The molecule has 1 unspecified atom stereocenters. The second-order valence-corrected chi connectivity index (χ2v) is 4.84. The summed E-state index contributed by atoms with van der Waals surface area (Å²) in [6.45, 7) is 1.09. The molecule has 0 saturated heterocycles. The molecule has 7 nitrogen and oxygen atoms in total. The van der Waals surface area contributed by atoms with Crippen molar-refractivity contribution in [3.63, 3.8) is 0 Å². The van der Waals surface area contributed by atoms with Crippen LogP contribution in [0.15, 0.2) is 12.4 Å². The van der Waals surface area contributed by atoms with E-state index in [1.54, 1.807) is 14.1 Å². The second kappa shape index (κ2) is 5.80. The molecule has 0 aliphatic rings. The SMILES string of the molecule is CC(c1nnnn1C)N(C)Cc1nccn1CC(F)(F)F. The first kappa shape index (κ1) is 15.4. The lowest BCUT2D eigenvalue weighted by Gasteiger charge is -2.23. The standard InChI is InChI=1S/C11H16F3N7/c1-8(10-16-17-18-20(10)3)19(2)6-9-15-4-5-21(9)7-11(12,13)14/h4-5,8H,6-7H2,1-3H3. The van der Waals surface area contributed by atoms with Crippen molar-refractivity contribution in [2.75, 3.05) is 7.05 Å². The molecule has 0 bridgehead atoms. The van der Waals surface area contributed by atoms with Crippen molar-refractivity contribution < 1.29 is 13.2 Å². The highest BCUT2D eigenvalue weighted by atomic mass is 19.4. The minimum atomic E-state index is -4.27. The molecule has 0 aromatic carbocycles. The van der Waals surface area contributed by atoms with Crippen molar-refractivity contribution in [3.05, 3.63) is 24.0 Å². The van der Waals surface area contributed by atoms with Crippen molar-refractivity contribution in [3.8, 4) is 0 Å². The van der Waals surface area contributed by atoms with Gasteiger partial charge in [-0.15, -0.1) is 5.10 Å². The van der Waals surface area contributed by atoms with E-state index in [9.17, 15) is 13.2 Å². The third kappa shape index (κ3) is 3.78. The van der Waals surface area contributed by atoms with Crippen LogP contribution in [0.4, 0.5) is 13.2 Å². The monoisotopic (exact) mass is 303 g/mol. The van der Waals surface area contributed by atoms with Gasteiger partial charge in [-0.2, -0.15) is 13.2 Å². The number of aromatic nitrogens is 6. The fourth-order valence-corrected chi connectivity index (χ4v) is 1.98. The Hall–Kier alpha value is -1.97. The van der Waals surface area contributed by atoms with Crippen molar-refractivity contribution in [2.24, 2.45) is 7.05 Å². The summed E-state index contributed by atoms with van der Waals surface area (Å²) < 4.78 is 40.1. The lowest BCUT2D eigenvalue weighted by atomic mass is 10.3. The lowest BCUT2D eigenvalue weighted by Crippen LogP contribution is -2.27.